The number of aromatic nitrogens is 2. The lowest BCUT2D eigenvalue weighted by molar-refractivity contribution is -0.121. The Kier molecular flexibility index (Phi) is 8.07. The average Bonchev–Trinajstić information content (AvgIpc) is 3.54. The number of hydrogen-bond acceptors (Lipinski definition) is 8. The first-order chi connectivity index (χ1) is 18.3. The number of imidazole rings is 1. The maximum atomic E-state index is 13.9. The summed E-state index contributed by atoms with van der Waals surface area (Å²) >= 11 is -1.28. The van der Waals surface area contributed by atoms with Crippen LogP contribution in [0.2, 0.25) is 0 Å². The molecule has 1 aromatic carbocycles. The van der Waals surface area contributed by atoms with Crippen molar-refractivity contribution in [3.63, 3.8) is 0 Å². The molecule has 3 aliphatic rings. The van der Waals surface area contributed by atoms with Gasteiger partial charge in [-0.05, 0) is 44.7 Å². The topological polar surface area (TPSA) is 115 Å². The van der Waals surface area contributed by atoms with E-state index in [4.69, 9.17) is 10.5 Å². The largest absolute Gasteiger partial charge is 0.598 e. The molecule has 38 heavy (non-hydrogen) atoms. The van der Waals surface area contributed by atoms with E-state index in [-0.39, 0.29) is 29.8 Å². The number of benzene rings is 1. The third-order valence-electron chi connectivity index (χ3n) is 7.24. The third kappa shape index (κ3) is 5.60. The highest BCUT2D eigenvalue weighted by Gasteiger charge is 2.37. The van der Waals surface area contributed by atoms with Gasteiger partial charge in [0.2, 0.25) is 5.76 Å². The van der Waals surface area contributed by atoms with E-state index in [9.17, 15) is 18.1 Å². The summed E-state index contributed by atoms with van der Waals surface area (Å²) in [6, 6.07) is 2.98. The van der Waals surface area contributed by atoms with Crippen molar-refractivity contribution in [2.24, 2.45) is 0 Å². The Bertz CT molecular complexity index is 1180. The SMILES string of the molecule is CCn1cnc(N)c1C[S+]([O-])N1CCN(C2=C(OC3CCCC3)C(=O)N(c3cc(F)cc(F)c3)NC2)CC1. The van der Waals surface area contributed by atoms with Crippen LogP contribution < -0.4 is 16.2 Å². The average molecular weight is 550 g/mol. The van der Waals surface area contributed by atoms with Crippen molar-refractivity contribution in [1.29, 1.82) is 0 Å². The molecule has 1 amide bonds. The van der Waals surface area contributed by atoms with Crippen LogP contribution in [0.4, 0.5) is 20.3 Å². The van der Waals surface area contributed by atoms with Crippen molar-refractivity contribution in [2.45, 2.75) is 51.0 Å². The third-order valence-corrected chi connectivity index (χ3v) is 8.71. The fourth-order valence-electron chi connectivity index (χ4n) is 5.18. The zero-order chi connectivity index (χ0) is 26.8. The maximum Gasteiger partial charge on any atom is 0.309 e. The number of ether oxygens (including phenoxy) is 1. The lowest BCUT2D eigenvalue weighted by Crippen LogP contribution is -2.55. The van der Waals surface area contributed by atoms with Gasteiger partial charge in [-0.2, -0.15) is 0 Å². The highest BCUT2D eigenvalue weighted by Crippen LogP contribution is 2.30. The predicted octanol–water partition coefficient (Wildman–Crippen LogP) is 2.27. The molecular formula is C25H33F2N7O3S. The zero-order valence-corrected chi connectivity index (χ0v) is 22.2. The molecule has 2 aliphatic heterocycles. The lowest BCUT2D eigenvalue weighted by Gasteiger charge is -2.40. The van der Waals surface area contributed by atoms with E-state index in [1.807, 2.05) is 15.8 Å². The number of rotatable bonds is 8. The number of nitrogen functional groups attached to an aromatic ring is 1. The number of halogens is 2. The summed E-state index contributed by atoms with van der Waals surface area (Å²) in [5.41, 5.74) is 10.5. The van der Waals surface area contributed by atoms with Crippen molar-refractivity contribution in [1.82, 2.24) is 24.2 Å². The number of carbonyl (C=O) groups excluding carboxylic acids is 1. The summed E-state index contributed by atoms with van der Waals surface area (Å²) in [5, 5.41) is 1.15. The van der Waals surface area contributed by atoms with E-state index in [1.165, 1.54) is 0 Å². The van der Waals surface area contributed by atoms with Crippen LogP contribution in [0.25, 0.3) is 0 Å². The van der Waals surface area contributed by atoms with Gasteiger partial charge in [-0.15, -0.1) is 4.31 Å². The number of nitrogens with zero attached hydrogens (tertiary/aromatic N) is 5. The van der Waals surface area contributed by atoms with E-state index in [0.717, 1.165) is 54.6 Å². The van der Waals surface area contributed by atoms with E-state index in [1.54, 1.807) is 6.33 Å². The number of nitrogens with one attached hydrogen (secondary N) is 1. The summed E-state index contributed by atoms with van der Waals surface area (Å²) in [5.74, 6) is -1.14. The Morgan fingerprint density at radius 1 is 1.16 bits per heavy atom. The van der Waals surface area contributed by atoms with Crippen molar-refractivity contribution in [2.75, 3.05) is 43.5 Å². The Morgan fingerprint density at radius 2 is 1.84 bits per heavy atom. The molecule has 13 heteroatoms. The molecule has 10 nitrogen and oxygen atoms in total. The second-order valence-corrected chi connectivity index (χ2v) is 11.1. The van der Waals surface area contributed by atoms with Gasteiger partial charge in [-0.1, -0.05) is 0 Å². The monoisotopic (exact) mass is 549 g/mol. The molecule has 3 N–H and O–H groups in total. The molecular weight excluding hydrogens is 516 g/mol. The van der Waals surface area contributed by atoms with Crippen LogP contribution in [0.1, 0.15) is 38.3 Å². The number of piperazine rings is 1. The number of anilines is 2. The molecule has 0 bridgehead atoms. The van der Waals surface area contributed by atoms with E-state index in [2.05, 4.69) is 15.3 Å². The van der Waals surface area contributed by atoms with Crippen LogP contribution in [-0.4, -0.2) is 68.0 Å². The zero-order valence-electron chi connectivity index (χ0n) is 21.4. The Morgan fingerprint density at radius 3 is 2.50 bits per heavy atom. The van der Waals surface area contributed by atoms with Gasteiger partial charge in [0.25, 0.3) is 0 Å². The molecule has 1 aliphatic carbocycles. The maximum absolute atomic E-state index is 13.9. The Balaban J connectivity index is 1.31. The first-order valence-corrected chi connectivity index (χ1v) is 14.2. The van der Waals surface area contributed by atoms with E-state index < -0.39 is 28.9 Å². The van der Waals surface area contributed by atoms with Crippen molar-refractivity contribution >= 4 is 28.8 Å². The first kappa shape index (κ1) is 26.7. The predicted molar refractivity (Wildman–Crippen MR) is 140 cm³/mol. The molecule has 3 heterocycles. The molecule has 1 aromatic heterocycles. The quantitative estimate of drug-likeness (QED) is 0.482. The molecule has 2 aromatic rings. The second kappa shape index (κ2) is 11.5. The fourth-order valence-corrected chi connectivity index (χ4v) is 6.48. The van der Waals surface area contributed by atoms with Crippen LogP contribution >= 0.6 is 0 Å². The summed E-state index contributed by atoms with van der Waals surface area (Å²) in [4.78, 5) is 19.8. The highest BCUT2D eigenvalue weighted by molar-refractivity contribution is 7.88. The highest BCUT2D eigenvalue weighted by atomic mass is 32.2. The van der Waals surface area contributed by atoms with Crippen LogP contribution in [0.15, 0.2) is 36.0 Å². The van der Waals surface area contributed by atoms with Crippen molar-refractivity contribution in [3.8, 4) is 0 Å². The normalized spacial score (nSPS) is 20.5. The van der Waals surface area contributed by atoms with Crippen molar-refractivity contribution in [3.05, 3.63) is 53.3 Å². The van der Waals surface area contributed by atoms with Gasteiger partial charge >= 0.3 is 5.91 Å². The molecule has 5 rings (SSSR count). The Labute approximate surface area is 223 Å². The summed E-state index contributed by atoms with van der Waals surface area (Å²) in [6.45, 7) is 5.08. The minimum atomic E-state index is -1.28. The molecule has 1 unspecified atom stereocenters. The summed E-state index contributed by atoms with van der Waals surface area (Å²) in [7, 11) is 0. The van der Waals surface area contributed by atoms with Gasteiger partial charge in [0.1, 0.15) is 23.1 Å². The van der Waals surface area contributed by atoms with E-state index >= 15 is 0 Å². The number of hydrazine groups is 1. The molecule has 206 valence electrons. The molecule has 2 fully saturated rings. The molecule has 0 radical (unpaired) electrons. The van der Waals surface area contributed by atoms with Crippen LogP contribution in [0, 0.1) is 11.6 Å². The summed E-state index contributed by atoms with van der Waals surface area (Å²) < 4.78 is 50.9. The van der Waals surface area contributed by atoms with Gasteiger partial charge < -0.3 is 24.5 Å². The van der Waals surface area contributed by atoms with Gasteiger partial charge in [0.05, 0.1) is 43.4 Å². The van der Waals surface area contributed by atoms with Gasteiger partial charge in [-0.25, -0.2) is 24.2 Å². The lowest BCUT2D eigenvalue weighted by atomic mass is 10.2. The summed E-state index contributed by atoms with van der Waals surface area (Å²) in [6.07, 6.45) is 5.37. The smallest absolute Gasteiger partial charge is 0.309 e. The van der Waals surface area contributed by atoms with Crippen LogP contribution in [0.5, 0.6) is 0 Å². The number of amides is 1. The van der Waals surface area contributed by atoms with Crippen LogP contribution in [0.3, 0.4) is 0 Å². The number of carbonyl (C=O) groups is 1. The minimum Gasteiger partial charge on any atom is -0.598 e. The minimum absolute atomic E-state index is 0.0733. The van der Waals surface area contributed by atoms with Gasteiger partial charge in [0, 0.05) is 37.1 Å². The first-order valence-electron chi connectivity index (χ1n) is 13.0. The molecule has 1 saturated heterocycles. The molecule has 1 atom stereocenters. The number of hydrogen-bond donors (Lipinski definition) is 2. The molecule has 1 saturated carbocycles. The second-order valence-electron chi connectivity index (χ2n) is 9.65. The number of aryl methyl sites for hydroxylation is 1. The van der Waals surface area contributed by atoms with E-state index in [0.29, 0.717) is 44.2 Å². The van der Waals surface area contributed by atoms with Gasteiger partial charge in [0.15, 0.2) is 5.75 Å². The Hall–Kier alpha value is -2.87. The van der Waals surface area contributed by atoms with Gasteiger partial charge in [-0.3, -0.25) is 4.79 Å². The standard InChI is InChI=1S/C25H33F2N7O3S/c1-2-31-16-29-24(28)22(31)15-38(36)33-9-7-32(8-10-33)21-14-30-34(19-12-17(26)11-18(27)13-19)25(35)23(21)37-20-5-3-4-6-20/h11-13,16,20,30H,2-10,14-15,28H2,1H3. The van der Waals surface area contributed by atoms with Crippen LogP contribution in [-0.2, 0) is 33.2 Å². The molecule has 0 spiro atoms. The number of nitrogens with two attached hydrogens (primary N) is 1. The fraction of sp³-hybridized carbons (Fsp3) is 0.520. The van der Waals surface area contributed by atoms with Crippen molar-refractivity contribution < 1.29 is 22.9 Å².